The Morgan fingerprint density at radius 2 is 1.88 bits per heavy atom. The molecule has 1 aliphatic rings. The van der Waals surface area contributed by atoms with Gasteiger partial charge in [0.25, 0.3) is 0 Å². The summed E-state index contributed by atoms with van der Waals surface area (Å²) in [7, 11) is 0. The highest BCUT2D eigenvalue weighted by Crippen LogP contribution is 2.35. The molecule has 0 unspecified atom stereocenters. The van der Waals surface area contributed by atoms with Crippen LogP contribution >= 0.6 is 23.2 Å². The Hall–Kier alpha value is -0.310. The van der Waals surface area contributed by atoms with Crippen LogP contribution in [0.2, 0.25) is 10.3 Å². The fraction of sp³-hybridized carbons (Fsp3) is 0.583. The normalized spacial score (nSPS) is 19.7. The molecule has 0 spiro atoms. The van der Waals surface area contributed by atoms with E-state index in [0.29, 0.717) is 16.2 Å². The van der Waals surface area contributed by atoms with Gasteiger partial charge in [-0.3, -0.25) is 0 Å². The number of halogens is 2. The van der Waals surface area contributed by atoms with Gasteiger partial charge in [0.05, 0.1) is 0 Å². The van der Waals surface area contributed by atoms with E-state index in [1.165, 1.54) is 32.1 Å². The average molecular weight is 259 g/mol. The van der Waals surface area contributed by atoms with Gasteiger partial charge in [-0.05, 0) is 24.8 Å². The van der Waals surface area contributed by atoms with Gasteiger partial charge in [-0.1, -0.05) is 48.5 Å². The highest BCUT2D eigenvalue weighted by Gasteiger charge is 2.23. The first-order valence-electron chi connectivity index (χ1n) is 5.76. The summed E-state index contributed by atoms with van der Waals surface area (Å²) in [6, 6.07) is 3.65. The van der Waals surface area contributed by atoms with E-state index in [1.54, 1.807) is 6.07 Å². The maximum Gasteiger partial charge on any atom is 0.135 e. The minimum absolute atomic E-state index is 0.00225. The number of rotatable bonds is 2. The topological polar surface area (TPSA) is 38.9 Å². The zero-order valence-corrected chi connectivity index (χ0v) is 10.6. The Morgan fingerprint density at radius 1 is 1.19 bits per heavy atom. The second kappa shape index (κ2) is 5.35. The Balaban J connectivity index is 2.15. The smallest absolute Gasteiger partial charge is 0.135 e. The van der Waals surface area contributed by atoms with Crippen molar-refractivity contribution in [2.45, 2.75) is 38.1 Å². The Bertz CT molecular complexity index is 362. The van der Waals surface area contributed by atoms with Gasteiger partial charge in [0, 0.05) is 11.6 Å². The minimum Gasteiger partial charge on any atom is -0.324 e. The maximum absolute atomic E-state index is 6.25. The highest BCUT2D eigenvalue weighted by molar-refractivity contribution is 6.32. The second-order valence-electron chi connectivity index (χ2n) is 4.44. The largest absolute Gasteiger partial charge is 0.324 e. The third-order valence-corrected chi connectivity index (χ3v) is 3.87. The van der Waals surface area contributed by atoms with Crippen LogP contribution in [-0.4, -0.2) is 4.98 Å². The van der Waals surface area contributed by atoms with Crippen molar-refractivity contribution < 1.29 is 0 Å². The summed E-state index contributed by atoms with van der Waals surface area (Å²) in [5.74, 6) is 0.536. The molecule has 0 aliphatic heterocycles. The van der Waals surface area contributed by atoms with Crippen molar-refractivity contribution in [2.75, 3.05) is 0 Å². The van der Waals surface area contributed by atoms with Gasteiger partial charge in [0.2, 0.25) is 0 Å². The molecule has 0 radical (unpaired) electrons. The summed E-state index contributed by atoms with van der Waals surface area (Å²) in [4.78, 5) is 4.04. The lowest BCUT2D eigenvalue weighted by atomic mass is 9.82. The number of pyridine rings is 1. The van der Waals surface area contributed by atoms with Crippen LogP contribution < -0.4 is 5.73 Å². The molecule has 16 heavy (non-hydrogen) atoms. The summed E-state index contributed by atoms with van der Waals surface area (Å²) in [6.07, 6.45) is 6.27. The summed E-state index contributed by atoms with van der Waals surface area (Å²) < 4.78 is 0. The van der Waals surface area contributed by atoms with Crippen LogP contribution in [0.15, 0.2) is 12.1 Å². The standard InChI is InChI=1S/C12H16Cl2N2/c13-10-7-6-9(12(14)16-10)11(15)8-4-2-1-3-5-8/h6-8,11H,1-5,15H2/t11-/m1/s1. The van der Waals surface area contributed by atoms with Crippen molar-refractivity contribution in [1.29, 1.82) is 0 Å². The first-order chi connectivity index (χ1) is 7.68. The Kier molecular flexibility index (Phi) is 4.06. The lowest BCUT2D eigenvalue weighted by Gasteiger charge is -2.28. The second-order valence-corrected chi connectivity index (χ2v) is 5.18. The van der Waals surface area contributed by atoms with E-state index < -0.39 is 0 Å². The third-order valence-electron chi connectivity index (χ3n) is 3.36. The van der Waals surface area contributed by atoms with E-state index in [-0.39, 0.29) is 6.04 Å². The van der Waals surface area contributed by atoms with E-state index in [9.17, 15) is 0 Å². The third kappa shape index (κ3) is 2.68. The summed E-state index contributed by atoms with van der Waals surface area (Å²) in [6.45, 7) is 0. The monoisotopic (exact) mass is 258 g/mol. The molecule has 0 saturated heterocycles. The van der Waals surface area contributed by atoms with Gasteiger partial charge in [-0.15, -0.1) is 0 Å². The van der Waals surface area contributed by atoms with Crippen LogP contribution in [0.1, 0.15) is 43.7 Å². The molecule has 2 nitrogen and oxygen atoms in total. The van der Waals surface area contributed by atoms with Crippen molar-refractivity contribution in [3.63, 3.8) is 0 Å². The number of nitrogens with two attached hydrogens (primary N) is 1. The van der Waals surface area contributed by atoms with E-state index in [4.69, 9.17) is 28.9 Å². The summed E-state index contributed by atoms with van der Waals surface area (Å²) in [5.41, 5.74) is 7.18. The van der Waals surface area contributed by atoms with Gasteiger partial charge in [0.1, 0.15) is 10.3 Å². The van der Waals surface area contributed by atoms with E-state index >= 15 is 0 Å². The van der Waals surface area contributed by atoms with Crippen LogP contribution in [0.5, 0.6) is 0 Å². The van der Waals surface area contributed by atoms with Gasteiger partial charge in [-0.2, -0.15) is 0 Å². The molecule has 88 valence electrons. The van der Waals surface area contributed by atoms with Crippen LogP contribution in [0.3, 0.4) is 0 Å². The number of nitrogens with zero attached hydrogens (tertiary/aromatic N) is 1. The predicted molar refractivity (Wildman–Crippen MR) is 67.8 cm³/mol. The summed E-state index contributed by atoms with van der Waals surface area (Å²) >= 11 is 11.8. The molecule has 1 atom stereocenters. The molecule has 1 aromatic heterocycles. The fourth-order valence-electron chi connectivity index (χ4n) is 2.42. The molecule has 1 aliphatic carbocycles. The van der Waals surface area contributed by atoms with E-state index in [0.717, 1.165) is 5.56 Å². The number of hydrogen-bond donors (Lipinski definition) is 1. The van der Waals surface area contributed by atoms with Crippen LogP contribution in [-0.2, 0) is 0 Å². The molecule has 0 amide bonds. The van der Waals surface area contributed by atoms with Crippen LogP contribution in [0.25, 0.3) is 0 Å². The van der Waals surface area contributed by atoms with Crippen molar-refractivity contribution in [1.82, 2.24) is 4.98 Å². The lowest BCUT2D eigenvalue weighted by Crippen LogP contribution is -2.24. The minimum atomic E-state index is -0.00225. The van der Waals surface area contributed by atoms with Gasteiger partial charge in [0.15, 0.2) is 0 Å². The molecular weight excluding hydrogens is 243 g/mol. The highest BCUT2D eigenvalue weighted by atomic mass is 35.5. The van der Waals surface area contributed by atoms with Crippen molar-refractivity contribution in [3.8, 4) is 0 Å². The molecule has 0 bridgehead atoms. The maximum atomic E-state index is 6.25. The fourth-order valence-corrected chi connectivity index (χ4v) is 2.89. The zero-order valence-electron chi connectivity index (χ0n) is 9.13. The van der Waals surface area contributed by atoms with Gasteiger partial charge < -0.3 is 5.73 Å². The molecule has 1 heterocycles. The van der Waals surface area contributed by atoms with Crippen LogP contribution in [0, 0.1) is 5.92 Å². The molecule has 2 rings (SSSR count). The Morgan fingerprint density at radius 3 is 2.50 bits per heavy atom. The molecule has 1 fully saturated rings. The molecule has 1 saturated carbocycles. The lowest BCUT2D eigenvalue weighted by molar-refractivity contribution is 0.308. The molecular formula is C12H16Cl2N2. The first kappa shape index (κ1) is 12.2. The van der Waals surface area contributed by atoms with Gasteiger partial charge in [-0.25, -0.2) is 4.98 Å². The number of hydrogen-bond acceptors (Lipinski definition) is 2. The first-order valence-corrected chi connectivity index (χ1v) is 6.51. The average Bonchev–Trinajstić information content (AvgIpc) is 2.29. The molecule has 4 heteroatoms. The zero-order chi connectivity index (χ0) is 11.5. The van der Waals surface area contributed by atoms with Crippen molar-refractivity contribution in [3.05, 3.63) is 28.0 Å². The molecule has 0 aromatic carbocycles. The van der Waals surface area contributed by atoms with E-state index in [2.05, 4.69) is 4.98 Å². The number of aromatic nitrogens is 1. The Labute approximate surface area is 106 Å². The van der Waals surface area contributed by atoms with Crippen LogP contribution in [0.4, 0.5) is 0 Å². The van der Waals surface area contributed by atoms with Crippen molar-refractivity contribution in [2.24, 2.45) is 11.7 Å². The quantitative estimate of drug-likeness (QED) is 0.816. The SMILES string of the molecule is N[C@@H](c1ccc(Cl)nc1Cl)C1CCCCC1. The predicted octanol–water partition coefficient (Wildman–Crippen LogP) is 3.97. The van der Waals surface area contributed by atoms with Crippen molar-refractivity contribution >= 4 is 23.2 Å². The molecule has 2 N–H and O–H groups in total. The summed E-state index contributed by atoms with van der Waals surface area (Å²) in [5, 5.41) is 0.871. The molecule has 1 aromatic rings. The van der Waals surface area contributed by atoms with Gasteiger partial charge >= 0.3 is 0 Å². The van der Waals surface area contributed by atoms with E-state index in [1.807, 2.05) is 6.07 Å².